The van der Waals surface area contributed by atoms with Crippen molar-refractivity contribution in [3.63, 3.8) is 0 Å². The molecule has 1 unspecified atom stereocenters. The van der Waals surface area contributed by atoms with Crippen molar-refractivity contribution in [3.05, 3.63) is 35.4 Å². The van der Waals surface area contributed by atoms with Crippen LogP contribution in [0.3, 0.4) is 0 Å². The lowest BCUT2D eigenvalue weighted by Crippen LogP contribution is -2.31. The molecule has 0 aliphatic rings. The zero-order valence-corrected chi connectivity index (χ0v) is 11.8. The minimum atomic E-state index is -0.970. The molecule has 0 heterocycles. The van der Waals surface area contributed by atoms with Crippen LogP contribution in [0.25, 0.3) is 0 Å². The van der Waals surface area contributed by atoms with Gasteiger partial charge in [-0.15, -0.1) is 11.6 Å². The van der Waals surface area contributed by atoms with E-state index in [-0.39, 0.29) is 23.3 Å². The first kappa shape index (κ1) is 15.9. The Labute approximate surface area is 117 Å². The molecule has 1 N–H and O–H groups in total. The maximum atomic E-state index is 13.4. The quantitative estimate of drug-likeness (QED) is 0.800. The van der Waals surface area contributed by atoms with Crippen LogP contribution in [0.5, 0.6) is 0 Å². The first-order valence-electron chi connectivity index (χ1n) is 6.23. The number of amides is 1. The highest BCUT2D eigenvalue weighted by Gasteiger charge is 2.13. The van der Waals surface area contributed by atoms with Crippen LogP contribution in [0.4, 0.5) is 8.78 Å². The fourth-order valence-electron chi connectivity index (χ4n) is 1.74. The van der Waals surface area contributed by atoms with Gasteiger partial charge in [-0.2, -0.15) is 0 Å². The molecule has 2 nitrogen and oxygen atoms in total. The van der Waals surface area contributed by atoms with Crippen molar-refractivity contribution in [2.45, 2.75) is 32.1 Å². The van der Waals surface area contributed by atoms with Crippen LogP contribution in [-0.4, -0.2) is 17.8 Å². The summed E-state index contributed by atoms with van der Waals surface area (Å²) in [5.74, 6) is -1.83. The number of benzene rings is 1. The predicted octanol–water partition coefficient (Wildman–Crippen LogP) is 3.28. The molecule has 1 aromatic rings. The van der Waals surface area contributed by atoms with Crippen LogP contribution in [-0.2, 0) is 11.2 Å². The first-order chi connectivity index (χ1) is 8.90. The molecule has 1 rings (SSSR count). The Bertz CT molecular complexity index is 437. The molecule has 0 saturated carbocycles. The van der Waals surface area contributed by atoms with E-state index in [4.69, 9.17) is 11.6 Å². The standard InChI is InChI=1S/C14H18ClF2NO/c1-9(2)6-11(15)8-18-13(19)7-10-4-3-5-12(16)14(10)17/h3-5,9,11H,6-8H2,1-2H3,(H,18,19). The van der Waals surface area contributed by atoms with Crippen molar-refractivity contribution >= 4 is 17.5 Å². The molecule has 1 aromatic carbocycles. The topological polar surface area (TPSA) is 29.1 Å². The molecule has 0 spiro atoms. The number of hydrogen-bond donors (Lipinski definition) is 1. The highest BCUT2D eigenvalue weighted by molar-refractivity contribution is 6.20. The molecule has 0 bridgehead atoms. The summed E-state index contributed by atoms with van der Waals surface area (Å²) in [6.45, 7) is 4.41. The van der Waals surface area contributed by atoms with Crippen molar-refractivity contribution < 1.29 is 13.6 Å². The zero-order valence-electron chi connectivity index (χ0n) is 11.1. The molecule has 0 aliphatic carbocycles. The van der Waals surface area contributed by atoms with Gasteiger partial charge in [-0.1, -0.05) is 26.0 Å². The largest absolute Gasteiger partial charge is 0.354 e. The summed E-state index contributed by atoms with van der Waals surface area (Å²) >= 11 is 6.03. The van der Waals surface area contributed by atoms with Gasteiger partial charge < -0.3 is 5.32 Å². The van der Waals surface area contributed by atoms with Crippen LogP contribution < -0.4 is 5.32 Å². The molecule has 5 heteroatoms. The number of carbonyl (C=O) groups excluding carboxylic acids is 1. The Morgan fingerprint density at radius 2 is 2.05 bits per heavy atom. The average molecular weight is 290 g/mol. The molecule has 0 radical (unpaired) electrons. The number of carbonyl (C=O) groups is 1. The van der Waals surface area contributed by atoms with Gasteiger partial charge in [0.05, 0.1) is 11.8 Å². The highest BCUT2D eigenvalue weighted by Crippen LogP contribution is 2.12. The van der Waals surface area contributed by atoms with Crippen molar-refractivity contribution in [1.82, 2.24) is 5.32 Å². The third-order valence-electron chi connectivity index (χ3n) is 2.63. The number of hydrogen-bond acceptors (Lipinski definition) is 1. The molecular weight excluding hydrogens is 272 g/mol. The summed E-state index contributed by atoms with van der Waals surface area (Å²) in [7, 11) is 0. The molecule has 0 saturated heterocycles. The summed E-state index contributed by atoms with van der Waals surface area (Å²) in [4.78, 5) is 11.6. The van der Waals surface area contributed by atoms with Gasteiger partial charge in [0, 0.05) is 12.1 Å². The lowest BCUT2D eigenvalue weighted by molar-refractivity contribution is -0.120. The van der Waals surface area contributed by atoms with Crippen LogP contribution in [0, 0.1) is 17.6 Å². The van der Waals surface area contributed by atoms with Crippen molar-refractivity contribution in [2.24, 2.45) is 5.92 Å². The van der Waals surface area contributed by atoms with Crippen molar-refractivity contribution in [3.8, 4) is 0 Å². The molecule has 0 aromatic heterocycles. The van der Waals surface area contributed by atoms with E-state index >= 15 is 0 Å². The Morgan fingerprint density at radius 3 is 2.68 bits per heavy atom. The molecule has 1 atom stereocenters. The van der Waals surface area contributed by atoms with Gasteiger partial charge in [-0.3, -0.25) is 4.79 Å². The van der Waals surface area contributed by atoms with E-state index in [9.17, 15) is 13.6 Å². The summed E-state index contributed by atoms with van der Waals surface area (Å²) in [5.41, 5.74) is 0.0486. The van der Waals surface area contributed by atoms with Crippen molar-refractivity contribution in [1.29, 1.82) is 0 Å². The summed E-state index contributed by atoms with van der Waals surface area (Å²) in [6, 6.07) is 3.79. The maximum absolute atomic E-state index is 13.4. The Morgan fingerprint density at radius 1 is 1.37 bits per heavy atom. The average Bonchev–Trinajstić information content (AvgIpc) is 2.32. The van der Waals surface area contributed by atoms with Crippen LogP contribution >= 0.6 is 11.6 Å². The fraction of sp³-hybridized carbons (Fsp3) is 0.500. The van der Waals surface area contributed by atoms with Crippen LogP contribution in [0.2, 0.25) is 0 Å². The molecule has 0 aliphatic heterocycles. The second kappa shape index (κ2) is 7.43. The second-order valence-electron chi connectivity index (χ2n) is 4.92. The van der Waals surface area contributed by atoms with Gasteiger partial charge in [0.1, 0.15) is 0 Å². The van der Waals surface area contributed by atoms with E-state index in [1.165, 1.54) is 12.1 Å². The second-order valence-corrected chi connectivity index (χ2v) is 5.54. The smallest absolute Gasteiger partial charge is 0.224 e. The molecule has 0 fully saturated rings. The van der Waals surface area contributed by atoms with E-state index < -0.39 is 11.6 Å². The zero-order chi connectivity index (χ0) is 14.4. The summed E-state index contributed by atoms with van der Waals surface area (Å²) in [6.07, 6.45) is 0.602. The molecular formula is C14H18ClF2NO. The third-order valence-corrected chi connectivity index (χ3v) is 2.96. The Hall–Kier alpha value is -1.16. The predicted molar refractivity (Wildman–Crippen MR) is 72.2 cm³/mol. The summed E-state index contributed by atoms with van der Waals surface area (Å²) < 4.78 is 26.3. The van der Waals surface area contributed by atoms with E-state index in [1.807, 2.05) is 13.8 Å². The summed E-state index contributed by atoms with van der Waals surface area (Å²) in [5, 5.41) is 2.47. The van der Waals surface area contributed by atoms with Gasteiger partial charge in [-0.05, 0) is 18.4 Å². The molecule has 106 valence electrons. The van der Waals surface area contributed by atoms with E-state index in [0.29, 0.717) is 12.5 Å². The first-order valence-corrected chi connectivity index (χ1v) is 6.67. The van der Waals surface area contributed by atoms with Gasteiger partial charge in [0.15, 0.2) is 11.6 Å². The van der Waals surface area contributed by atoms with Crippen molar-refractivity contribution in [2.75, 3.05) is 6.54 Å². The number of alkyl halides is 1. The highest BCUT2D eigenvalue weighted by atomic mass is 35.5. The SMILES string of the molecule is CC(C)CC(Cl)CNC(=O)Cc1cccc(F)c1F. The number of halogens is 3. The third kappa shape index (κ3) is 5.55. The molecule has 1 amide bonds. The van der Waals surface area contributed by atoms with Crippen LogP contribution in [0.1, 0.15) is 25.8 Å². The van der Waals surface area contributed by atoms with Gasteiger partial charge >= 0.3 is 0 Å². The number of rotatable bonds is 6. The lowest BCUT2D eigenvalue weighted by atomic mass is 10.1. The minimum absolute atomic E-state index is 0.0486. The van der Waals surface area contributed by atoms with E-state index in [1.54, 1.807) is 0 Å². The van der Waals surface area contributed by atoms with Gasteiger partial charge in [0.2, 0.25) is 5.91 Å². The minimum Gasteiger partial charge on any atom is -0.354 e. The van der Waals surface area contributed by atoms with Gasteiger partial charge in [-0.25, -0.2) is 8.78 Å². The molecule has 19 heavy (non-hydrogen) atoms. The van der Waals surface area contributed by atoms with Gasteiger partial charge in [0.25, 0.3) is 0 Å². The normalized spacial score (nSPS) is 12.5. The van der Waals surface area contributed by atoms with E-state index in [0.717, 1.165) is 12.5 Å². The monoisotopic (exact) mass is 289 g/mol. The van der Waals surface area contributed by atoms with E-state index in [2.05, 4.69) is 5.32 Å². The lowest BCUT2D eigenvalue weighted by Gasteiger charge is -2.13. The number of nitrogens with one attached hydrogen (secondary N) is 1. The Balaban J connectivity index is 2.45. The van der Waals surface area contributed by atoms with Crippen LogP contribution in [0.15, 0.2) is 18.2 Å². The maximum Gasteiger partial charge on any atom is 0.224 e. The Kier molecular flexibility index (Phi) is 6.22. The fourth-order valence-corrected chi connectivity index (χ4v) is 2.17.